The number of aliphatic hydroxyl groups excluding tert-OH is 1. The predicted octanol–water partition coefficient (Wildman–Crippen LogP) is 1.07. The molecule has 0 rings (SSSR count). The minimum absolute atomic E-state index is 0.277. The summed E-state index contributed by atoms with van der Waals surface area (Å²) < 4.78 is 0. The summed E-state index contributed by atoms with van der Waals surface area (Å²) in [6.07, 6.45) is 5.08. The Kier molecular flexibility index (Phi) is 4.50. The Morgan fingerprint density at radius 2 is 2.00 bits per heavy atom. The lowest BCUT2D eigenvalue weighted by atomic mass is 10.2. The summed E-state index contributed by atoms with van der Waals surface area (Å²) in [6.45, 7) is 3.49. The van der Waals surface area contributed by atoms with Crippen molar-refractivity contribution in [3.05, 3.63) is 24.3 Å². The number of ketones is 1. The highest BCUT2D eigenvalue weighted by atomic mass is 16.3. The van der Waals surface area contributed by atoms with Crippen LogP contribution in [0, 0.1) is 0 Å². The van der Waals surface area contributed by atoms with Crippen LogP contribution in [0.25, 0.3) is 0 Å². The van der Waals surface area contributed by atoms with Gasteiger partial charge in [0.1, 0.15) is 6.10 Å². The van der Waals surface area contributed by atoms with Crippen LogP contribution in [0.15, 0.2) is 24.3 Å². The first-order valence-electron chi connectivity index (χ1n) is 3.19. The smallest absolute Gasteiger partial charge is 0.187 e. The average Bonchev–Trinajstić information content (AvgIpc) is 1.89. The second kappa shape index (κ2) is 4.94. The summed E-state index contributed by atoms with van der Waals surface area (Å²) in [5.41, 5.74) is 0. The van der Waals surface area contributed by atoms with Gasteiger partial charge >= 0.3 is 0 Å². The van der Waals surface area contributed by atoms with Crippen molar-refractivity contribution in [2.75, 3.05) is 0 Å². The number of hydrogen-bond donors (Lipinski definition) is 1. The fourth-order valence-corrected chi connectivity index (χ4v) is 0.540. The van der Waals surface area contributed by atoms with Crippen molar-refractivity contribution in [2.24, 2.45) is 0 Å². The molecule has 1 unspecified atom stereocenters. The van der Waals surface area contributed by atoms with E-state index in [0.717, 1.165) is 0 Å². The molecule has 0 amide bonds. The maximum Gasteiger partial charge on any atom is 0.187 e. The van der Waals surface area contributed by atoms with Crippen LogP contribution in [0.3, 0.4) is 0 Å². The lowest BCUT2D eigenvalue weighted by Gasteiger charge is -1.96. The Labute approximate surface area is 60.9 Å². The van der Waals surface area contributed by atoms with Gasteiger partial charge in [0, 0.05) is 0 Å². The highest BCUT2D eigenvalue weighted by molar-refractivity contribution is 5.94. The van der Waals surface area contributed by atoms with Crippen LogP contribution in [0.5, 0.6) is 0 Å². The van der Waals surface area contributed by atoms with Gasteiger partial charge in [0.25, 0.3) is 0 Å². The van der Waals surface area contributed by atoms with Crippen LogP contribution in [-0.2, 0) is 4.79 Å². The minimum atomic E-state index is -0.971. The van der Waals surface area contributed by atoms with E-state index in [-0.39, 0.29) is 5.78 Å². The van der Waals surface area contributed by atoms with Crippen LogP contribution >= 0.6 is 0 Å². The Bertz CT molecular complexity index is 157. The normalized spacial score (nSPS) is 14.7. The first-order chi connectivity index (χ1) is 4.72. The molecule has 0 aliphatic rings. The zero-order chi connectivity index (χ0) is 7.98. The number of carbonyl (C=O) groups excluding carboxylic acids is 1. The van der Waals surface area contributed by atoms with Crippen molar-refractivity contribution >= 4 is 5.78 Å². The molecule has 0 aromatic heterocycles. The second-order valence-electron chi connectivity index (χ2n) is 1.87. The molecule has 0 bridgehead atoms. The lowest BCUT2D eigenvalue weighted by molar-refractivity contribution is -0.120. The van der Waals surface area contributed by atoms with E-state index in [2.05, 4.69) is 0 Å². The molecule has 0 radical (unpaired) electrons. The van der Waals surface area contributed by atoms with Crippen LogP contribution in [0.4, 0.5) is 0 Å². The molecule has 1 N–H and O–H groups in total. The van der Waals surface area contributed by atoms with Gasteiger partial charge in [0.15, 0.2) is 5.78 Å². The van der Waals surface area contributed by atoms with Crippen LogP contribution in [-0.4, -0.2) is 17.0 Å². The summed E-state index contributed by atoms with van der Waals surface area (Å²) in [5, 5.41) is 8.96. The second-order valence-corrected chi connectivity index (χ2v) is 1.87. The molecular weight excluding hydrogens is 128 g/mol. The molecule has 0 spiro atoms. The first-order valence-corrected chi connectivity index (χ1v) is 3.19. The minimum Gasteiger partial charge on any atom is -0.381 e. The van der Waals surface area contributed by atoms with Crippen LogP contribution in [0.1, 0.15) is 13.8 Å². The topological polar surface area (TPSA) is 37.3 Å². The van der Waals surface area contributed by atoms with Gasteiger partial charge in [0.05, 0.1) is 0 Å². The zero-order valence-electron chi connectivity index (χ0n) is 6.24. The summed E-state index contributed by atoms with van der Waals surface area (Å²) in [4.78, 5) is 10.7. The fourth-order valence-electron chi connectivity index (χ4n) is 0.540. The molecule has 0 aliphatic heterocycles. The van der Waals surface area contributed by atoms with Crippen molar-refractivity contribution in [1.29, 1.82) is 0 Å². The SMILES string of the molecule is C/C=C/C(=O)C(O)/C=C/C. The van der Waals surface area contributed by atoms with Crippen LogP contribution in [0.2, 0.25) is 0 Å². The number of allylic oxidation sites excluding steroid dienone is 2. The van der Waals surface area contributed by atoms with Gasteiger partial charge < -0.3 is 5.11 Å². The summed E-state index contributed by atoms with van der Waals surface area (Å²) in [7, 11) is 0. The molecule has 0 aromatic rings. The Morgan fingerprint density at radius 1 is 1.40 bits per heavy atom. The molecule has 0 heterocycles. The van der Waals surface area contributed by atoms with Gasteiger partial charge in [0.2, 0.25) is 0 Å². The molecular formula is C8H12O2. The van der Waals surface area contributed by atoms with E-state index in [1.165, 1.54) is 12.2 Å². The largest absolute Gasteiger partial charge is 0.381 e. The van der Waals surface area contributed by atoms with Crippen molar-refractivity contribution in [3.63, 3.8) is 0 Å². The predicted molar refractivity (Wildman–Crippen MR) is 40.6 cm³/mol. The highest BCUT2D eigenvalue weighted by Crippen LogP contribution is 1.89. The van der Waals surface area contributed by atoms with Crippen molar-refractivity contribution < 1.29 is 9.90 Å². The van der Waals surface area contributed by atoms with Gasteiger partial charge in [-0.25, -0.2) is 0 Å². The van der Waals surface area contributed by atoms with Gasteiger partial charge in [-0.2, -0.15) is 0 Å². The molecule has 0 aliphatic carbocycles. The van der Waals surface area contributed by atoms with E-state index in [1.54, 1.807) is 26.0 Å². The third-order valence-corrected chi connectivity index (χ3v) is 0.997. The molecule has 2 nitrogen and oxygen atoms in total. The average molecular weight is 140 g/mol. The Morgan fingerprint density at radius 3 is 2.40 bits per heavy atom. The number of carbonyl (C=O) groups is 1. The first kappa shape index (κ1) is 9.11. The third-order valence-electron chi connectivity index (χ3n) is 0.997. The van der Waals surface area contributed by atoms with Gasteiger partial charge in [-0.1, -0.05) is 18.2 Å². The van der Waals surface area contributed by atoms with E-state index in [1.807, 2.05) is 0 Å². The zero-order valence-corrected chi connectivity index (χ0v) is 6.24. The summed E-state index contributed by atoms with van der Waals surface area (Å²) in [6, 6.07) is 0. The number of hydrogen-bond acceptors (Lipinski definition) is 2. The molecule has 10 heavy (non-hydrogen) atoms. The van der Waals surface area contributed by atoms with E-state index in [0.29, 0.717) is 0 Å². The number of rotatable bonds is 3. The van der Waals surface area contributed by atoms with Crippen molar-refractivity contribution in [3.8, 4) is 0 Å². The van der Waals surface area contributed by atoms with Crippen molar-refractivity contribution in [1.82, 2.24) is 0 Å². The monoisotopic (exact) mass is 140 g/mol. The molecule has 2 heteroatoms. The van der Waals surface area contributed by atoms with Gasteiger partial charge in [-0.3, -0.25) is 4.79 Å². The van der Waals surface area contributed by atoms with Crippen LogP contribution < -0.4 is 0 Å². The van der Waals surface area contributed by atoms with E-state index < -0.39 is 6.10 Å². The van der Waals surface area contributed by atoms with Gasteiger partial charge in [-0.05, 0) is 19.9 Å². The summed E-state index contributed by atoms with van der Waals surface area (Å²) in [5.74, 6) is -0.277. The third kappa shape index (κ3) is 3.20. The standard InChI is InChI=1S/C8H12O2/c1-3-5-7(9)8(10)6-4-2/h3-7,9H,1-2H3/b5-3+,6-4+. The highest BCUT2D eigenvalue weighted by Gasteiger charge is 2.04. The molecule has 0 saturated carbocycles. The number of aliphatic hydroxyl groups is 1. The fraction of sp³-hybridized carbons (Fsp3) is 0.375. The quantitative estimate of drug-likeness (QED) is 0.470. The Balaban J connectivity index is 3.94. The van der Waals surface area contributed by atoms with E-state index in [9.17, 15) is 4.79 Å². The lowest BCUT2D eigenvalue weighted by Crippen LogP contribution is -2.14. The molecule has 56 valence electrons. The van der Waals surface area contributed by atoms with E-state index >= 15 is 0 Å². The maximum absolute atomic E-state index is 10.7. The molecule has 1 atom stereocenters. The molecule has 0 aromatic carbocycles. The van der Waals surface area contributed by atoms with Crippen molar-refractivity contribution in [2.45, 2.75) is 20.0 Å². The van der Waals surface area contributed by atoms with Gasteiger partial charge in [-0.15, -0.1) is 0 Å². The Hall–Kier alpha value is -0.890. The molecule has 0 saturated heterocycles. The summed E-state index contributed by atoms with van der Waals surface area (Å²) >= 11 is 0. The maximum atomic E-state index is 10.7. The molecule has 0 fully saturated rings. The van der Waals surface area contributed by atoms with E-state index in [4.69, 9.17) is 5.11 Å².